The van der Waals surface area contributed by atoms with Crippen molar-refractivity contribution in [1.82, 2.24) is 5.32 Å². The molecule has 0 spiro atoms. The van der Waals surface area contributed by atoms with Gasteiger partial charge in [0.05, 0.1) is 0 Å². The van der Waals surface area contributed by atoms with Gasteiger partial charge >= 0.3 is 0 Å². The van der Waals surface area contributed by atoms with Crippen LogP contribution < -0.4 is 5.32 Å². The van der Waals surface area contributed by atoms with E-state index in [1.807, 2.05) is 26.0 Å². The highest BCUT2D eigenvalue weighted by Crippen LogP contribution is 2.31. The monoisotopic (exact) mass is 421 g/mol. The first-order chi connectivity index (χ1) is 14.8. The summed E-state index contributed by atoms with van der Waals surface area (Å²) in [5.74, 6) is 1.07. The van der Waals surface area contributed by atoms with Crippen LogP contribution in [0, 0.1) is 23.7 Å². The van der Waals surface area contributed by atoms with Gasteiger partial charge in [-0.15, -0.1) is 0 Å². The summed E-state index contributed by atoms with van der Waals surface area (Å²) in [7, 11) is 0. The molecule has 0 aromatic heterocycles. The zero-order valence-corrected chi connectivity index (χ0v) is 19.7. The average Bonchev–Trinajstić information content (AvgIpc) is 2.76. The molecule has 3 rings (SSSR count). The maximum Gasteiger partial charge on any atom is 0.139 e. The Morgan fingerprint density at radius 2 is 1.61 bits per heavy atom. The average molecular weight is 422 g/mol. The van der Waals surface area contributed by atoms with Crippen LogP contribution in [0.5, 0.6) is 0 Å². The van der Waals surface area contributed by atoms with Crippen molar-refractivity contribution in [1.29, 1.82) is 0 Å². The van der Waals surface area contributed by atoms with E-state index in [0.717, 1.165) is 37.8 Å². The Morgan fingerprint density at radius 3 is 2.26 bits per heavy atom. The van der Waals surface area contributed by atoms with Crippen LogP contribution in [-0.2, 0) is 16.0 Å². The van der Waals surface area contributed by atoms with E-state index in [9.17, 15) is 9.59 Å². The summed E-state index contributed by atoms with van der Waals surface area (Å²) in [6.45, 7) is 9.31. The Bertz CT molecular complexity index is 877. The van der Waals surface area contributed by atoms with E-state index in [1.54, 1.807) is 0 Å². The van der Waals surface area contributed by atoms with Crippen LogP contribution in [-0.4, -0.2) is 24.2 Å². The third-order valence-corrected chi connectivity index (χ3v) is 6.83. The molecule has 0 bridgehead atoms. The first-order valence-corrected chi connectivity index (χ1v) is 12.1. The number of carbonyl (C=O) groups is 2. The fourth-order valence-corrected chi connectivity index (χ4v) is 4.90. The molecule has 3 nitrogen and oxygen atoms in total. The van der Waals surface area contributed by atoms with Crippen LogP contribution in [0.2, 0.25) is 0 Å². The van der Waals surface area contributed by atoms with E-state index < -0.39 is 0 Å². The smallest absolute Gasteiger partial charge is 0.139 e. The van der Waals surface area contributed by atoms with Gasteiger partial charge in [0.15, 0.2) is 0 Å². The van der Waals surface area contributed by atoms with Crippen LogP contribution >= 0.6 is 0 Å². The van der Waals surface area contributed by atoms with Crippen molar-refractivity contribution >= 4 is 22.3 Å². The molecular formula is C28H39NO2. The second-order valence-corrected chi connectivity index (χ2v) is 10.1. The van der Waals surface area contributed by atoms with Gasteiger partial charge in [0, 0.05) is 30.2 Å². The highest BCUT2D eigenvalue weighted by atomic mass is 16.1. The molecule has 31 heavy (non-hydrogen) atoms. The number of Topliss-reactive ketones (excluding diaryl/α,β-unsaturated/α-hetero) is 2. The normalized spacial score (nSPS) is 20.3. The second-order valence-electron chi connectivity index (χ2n) is 10.1. The minimum absolute atomic E-state index is 0.0453. The van der Waals surface area contributed by atoms with Crippen molar-refractivity contribution in [3.8, 4) is 0 Å². The third-order valence-electron chi connectivity index (χ3n) is 6.83. The van der Waals surface area contributed by atoms with Gasteiger partial charge in [-0.3, -0.25) is 9.59 Å². The van der Waals surface area contributed by atoms with Gasteiger partial charge in [0.1, 0.15) is 11.6 Å². The molecule has 1 N–H and O–H groups in total. The molecule has 2 aromatic carbocycles. The minimum atomic E-state index is -0.214. The van der Waals surface area contributed by atoms with Crippen LogP contribution in [0.15, 0.2) is 42.5 Å². The summed E-state index contributed by atoms with van der Waals surface area (Å²) in [6.07, 6.45) is 5.22. The number of fused-ring (bicyclic) bond motifs is 1. The number of hydrogen-bond donors (Lipinski definition) is 1. The number of nitrogens with one attached hydrogen (secondary N) is 1. The number of carbonyl (C=O) groups excluding carboxylic acids is 2. The molecule has 1 fully saturated rings. The molecule has 0 amide bonds. The Hall–Kier alpha value is -2.00. The lowest BCUT2D eigenvalue weighted by Crippen LogP contribution is -2.33. The Morgan fingerprint density at radius 1 is 0.935 bits per heavy atom. The first-order valence-electron chi connectivity index (χ1n) is 12.1. The molecule has 1 atom stereocenters. The lowest BCUT2D eigenvalue weighted by Gasteiger charge is -2.29. The second kappa shape index (κ2) is 11.0. The zero-order chi connectivity index (χ0) is 22.4. The van der Waals surface area contributed by atoms with Crippen molar-refractivity contribution in [2.75, 3.05) is 6.54 Å². The van der Waals surface area contributed by atoms with E-state index >= 15 is 0 Å². The van der Waals surface area contributed by atoms with E-state index in [1.165, 1.54) is 10.8 Å². The Labute approximate surface area is 188 Å². The maximum atomic E-state index is 13.1. The summed E-state index contributed by atoms with van der Waals surface area (Å²) in [6, 6.07) is 15.2. The predicted molar refractivity (Wildman–Crippen MR) is 129 cm³/mol. The Balaban J connectivity index is 1.62. The van der Waals surface area contributed by atoms with Crippen LogP contribution in [0.1, 0.15) is 65.4 Å². The predicted octanol–water partition coefficient (Wildman–Crippen LogP) is 5.99. The fraction of sp³-hybridized carbons (Fsp3) is 0.571. The van der Waals surface area contributed by atoms with Crippen molar-refractivity contribution in [2.45, 2.75) is 72.3 Å². The number of rotatable bonds is 10. The van der Waals surface area contributed by atoms with Gasteiger partial charge in [-0.1, -0.05) is 70.2 Å². The van der Waals surface area contributed by atoms with Crippen LogP contribution in [0.3, 0.4) is 0 Å². The number of benzene rings is 2. The molecule has 168 valence electrons. The van der Waals surface area contributed by atoms with Crippen LogP contribution in [0.25, 0.3) is 10.8 Å². The first kappa shape index (κ1) is 23.7. The molecule has 0 radical (unpaired) electrons. The lowest BCUT2D eigenvalue weighted by molar-refractivity contribution is -0.132. The van der Waals surface area contributed by atoms with Gasteiger partial charge in [0.25, 0.3) is 0 Å². The Kier molecular flexibility index (Phi) is 8.43. The summed E-state index contributed by atoms with van der Waals surface area (Å²) < 4.78 is 0. The molecule has 2 aromatic rings. The zero-order valence-electron chi connectivity index (χ0n) is 19.7. The minimum Gasteiger partial charge on any atom is -0.314 e. The summed E-state index contributed by atoms with van der Waals surface area (Å²) in [5.41, 5.74) is 1.15. The van der Waals surface area contributed by atoms with Gasteiger partial charge in [-0.05, 0) is 60.9 Å². The molecule has 0 heterocycles. The summed E-state index contributed by atoms with van der Waals surface area (Å²) >= 11 is 0. The van der Waals surface area contributed by atoms with E-state index in [-0.39, 0.29) is 23.5 Å². The molecular weight excluding hydrogens is 382 g/mol. The van der Waals surface area contributed by atoms with Gasteiger partial charge in [-0.25, -0.2) is 0 Å². The molecule has 1 saturated carbocycles. The van der Waals surface area contributed by atoms with Gasteiger partial charge in [0.2, 0.25) is 0 Å². The lowest BCUT2D eigenvalue weighted by atomic mass is 9.76. The maximum absolute atomic E-state index is 13.1. The third kappa shape index (κ3) is 6.74. The van der Waals surface area contributed by atoms with Crippen molar-refractivity contribution in [3.63, 3.8) is 0 Å². The standard InChI is InChI=1S/C28H39NO2/c1-19(2)28(31)26(16-22-11-12-23-7-5-6-8-25(23)15-22)17-27(30)24-13-9-21(10-14-24)18-29-20(3)4/h5-8,11-12,15,19-21,24,26,29H,9-10,13-14,16-18H2,1-4H3. The number of ketones is 2. The van der Waals surface area contributed by atoms with E-state index in [2.05, 4.69) is 49.5 Å². The fourth-order valence-electron chi connectivity index (χ4n) is 4.90. The highest BCUT2D eigenvalue weighted by molar-refractivity contribution is 5.90. The van der Waals surface area contributed by atoms with Crippen molar-refractivity contribution in [3.05, 3.63) is 48.0 Å². The van der Waals surface area contributed by atoms with Crippen LogP contribution in [0.4, 0.5) is 0 Å². The largest absolute Gasteiger partial charge is 0.314 e. The highest BCUT2D eigenvalue weighted by Gasteiger charge is 2.30. The molecule has 1 unspecified atom stereocenters. The van der Waals surface area contributed by atoms with Crippen molar-refractivity contribution < 1.29 is 9.59 Å². The quantitative estimate of drug-likeness (QED) is 0.513. The van der Waals surface area contributed by atoms with E-state index in [0.29, 0.717) is 30.6 Å². The van der Waals surface area contributed by atoms with E-state index in [4.69, 9.17) is 0 Å². The summed E-state index contributed by atoms with van der Waals surface area (Å²) in [5, 5.41) is 5.93. The van der Waals surface area contributed by atoms with Gasteiger partial charge < -0.3 is 5.32 Å². The molecule has 1 aliphatic carbocycles. The molecule has 0 saturated heterocycles. The molecule has 1 aliphatic rings. The molecule has 3 heteroatoms. The molecule has 0 aliphatic heterocycles. The van der Waals surface area contributed by atoms with Gasteiger partial charge in [-0.2, -0.15) is 0 Å². The SMILES string of the molecule is CC(C)NCC1CCC(C(=O)CC(Cc2ccc3ccccc3c2)C(=O)C(C)C)CC1. The number of hydrogen-bond acceptors (Lipinski definition) is 3. The van der Waals surface area contributed by atoms with Crippen molar-refractivity contribution in [2.24, 2.45) is 23.7 Å². The summed E-state index contributed by atoms with van der Waals surface area (Å²) in [4.78, 5) is 26.1. The topological polar surface area (TPSA) is 46.2 Å².